The molecule has 21 heavy (non-hydrogen) atoms. The molecule has 0 aliphatic rings. The number of hydrogen-bond acceptors (Lipinski definition) is 3. The van der Waals surface area contributed by atoms with Crippen LogP contribution in [0.1, 0.15) is 25.0 Å². The first kappa shape index (κ1) is 14.9. The summed E-state index contributed by atoms with van der Waals surface area (Å²) >= 11 is 0. The van der Waals surface area contributed by atoms with Crippen molar-refractivity contribution in [1.29, 1.82) is 5.26 Å². The van der Waals surface area contributed by atoms with Gasteiger partial charge in [0.15, 0.2) is 0 Å². The van der Waals surface area contributed by atoms with Crippen LogP contribution in [0.15, 0.2) is 42.5 Å². The molecule has 0 unspecified atom stereocenters. The van der Waals surface area contributed by atoms with Gasteiger partial charge in [0.1, 0.15) is 11.9 Å². The van der Waals surface area contributed by atoms with E-state index >= 15 is 0 Å². The van der Waals surface area contributed by atoms with E-state index < -0.39 is 5.82 Å². The minimum absolute atomic E-state index is 0.181. The van der Waals surface area contributed by atoms with Crippen molar-refractivity contribution in [1.82, 2.24) is 0 Å². The van der Waals surface area contributed by atoms with Crippen molar-refractivity contribution in [2.24, 2.45) is 0 Å². The molecule has 2 rings (SSSR count). The Hall–Kier alpha value is -2.54. The van der Waals surface area contributed by atoms with Gasteiger partial charge in [-0.05, 0) is 49.7 Å². The molecule has 3 nitrogen and oxygen atoms in total. The van der Waals surface area contributed by atoms with Crippen LogP contribution >= 0.6 is 0 Å². The lowest BCUT2D eigenvalue weighted by Gasteiger charge is -2.30. The maximum absolute atomic E-state index is 13.3. The molecule has 0 amide bonds. The van der Waals surface area contributed by atoms with Crippen molar-refractivity contribution >= 4 is 11.4 Å². The van der Waals surface area contributed by atoms with Gasteiger partial charge in [-0.15, -0.1) is 0 Å². The van der Waals surface area contributed by atoms with Crippen molar-refractivity contribution in [2.75, 3.05) is 10.6 Å². The number of nitrogens with two attached hydrogens (primary N) is 1. The average molecular weight is 283 g/mol. The number of rotatable bonds is 4. The molecule has 0 aliphatic carbocycles. The lowest BCUT2D eigenvalue weighted by atomic mass is 10.1. The first-order chi connectivity index (χ1) is 10.0. The maximum Gasteiger partial charge on any atom is 0.124 e. The highest BCUT2D eigenvalue weighted by atomic mass is 19.1. The third-order valence-electron chi connectivity index (χ3n) is 3.34. The third kappa shape index (κ3) is 3.51. The Morgan fingerprint density at radius 3 is 2.43 bits per heavy atom. The summed E-state index contributed by atoms with van der Waals surface area (Å²) in [5.74, 6) is -0.397. The van der Waals surface area contributed by atoms with E-state index in [9.17, 15) is 9.65 Å². The summed E-state index contributed by atoms with van der Waals surface area (Å²) in [4.78, 5) is 2.07. The second-order valence-electron chi connectivity index (χ2n) is 5.24. The molecule has 0 aliphatic heterocycles. The zero-order valence-electron chi connectivity index (χ0n) is 12.2. The first-order valence-corrected chi connectivity index (χ1v) is 6.82. The van der Waals surface area contributed by atoms with Crippen molar-refractivity contribution in [3.05, 3.63) is 59.4 Å². The minimum Gasteiger partial charge on any atom is -0.399 e. The van der Waals surface area contributed by atoms with Gasteiger partial charge >= 0.3 is 0 Å². The molecular weight excluding hydrogens is 265 g/mol. The molecule has 0 aromatic heterocycles. The second-order valence-corrected chi connectivity index (χ2v) is 5.24. The Balaban J connectivity index is 2.36. The van der Waals surface area contributed by atoms with Gasteiger partial charge in [0.05, 0.1) is 11.3 Å². The third-order valence-corrected chi connectivity index (χ3v) is 3.34. The number of nitriles is 1. The van der Waals surface area contributed by atoms with Crippen LogP contribution in [-0.2, 0) is 6.54 Å². The normalized spacial score (nSPS) is 10.4. The van der Waals surface area contributed by atoms with Crippen LogP contribution in [0.25, 0.3) is 0 Å². The lowest BCUT2D eigenvalue weighted by Crippen LogP contribution is -2.30. The molecular formula is C17H18FN3. The monoisotopic (exact) mass is 283 g/mol. The Bertz CT molecular complexity index is 657. The Morgan fingerprint density at radius 1 is 1.19 bits per heavy atom. The van der Waals surface area contributed by atoms with Gasteiger partial charge in [0.25, 0.3) is 0 Å². The van der Waals surface area contributed by atoms with E-state index in [0.717, 1.165) is 11.3 Å². The van der Waals surface area contributed by atoms with Crippen LogP contribution in [0, 0.1) is 17.1 Å². The number of hydrogen-bond donors (Lipinski definition) is 1. The van der Waals surface area contributed by atoms with Gasteiger partial charge in [0, 0.05) is 18.3 Å². The molecule has 2 aromatic carbocycles. The fraction of sp³-hybridized carbons (Fsp3) is 0.235. The minimum atomic E-state index is -0.397. The fourth-order valence-corrected chi connectivity index (χ4v) is 2.21. The van der Waals surface area contributed by atoms with Crippen LogP contribution in [0.2, 0.25) is 0 Å². The zero-order valence-corrected chi connectivity index (χ0v) is 12.2. The lowest BCUT2D eigenvalue weighted by molar-refractivity contribution is 0.625. The van der Waals surface area contributed by atoms with Crippen LogP contribution in [0.5, 0.6) is 0 Å². The van der Waals surface area contributed by atoms with Crippen LogP contribution < -0.4 is 10.6 Å². The predicted octanol–water partition coefficient (Wildman–Crippen LogP) is 3.69. The van der Waals surface area contributed by atoms with Crippen molar-refractivity contribution in [3.8, 4) is 6.07 Å². The Labute approximate surface area is 124 Å². The molecule has 0 saturated heterocycles. The number of nitrogens with zero attached hydrogens (tertiary/aromatic N) is 2. The van der Waals surface area contributed by atoms with Crippen LogP contribution in [-0.4, -0.2) is 6.04 Å². The summed E-state index contributed by atoms with van der Waals surface area (Å²) in [5.41, 5.74) is 8.59. The molecule has 2 N–H and O–H groups in total. The van der Waals surface area contributed by atoms with Crippen molar-refractivity contribution in [3.63, 3.8) is 0 Å². The molecule has 108 valence electrons. The summed E-state index contributed by atoms with van der Waals surface area (Å²) in [5, 5.41) is 9.22. The highest BCUT2D eigenvalue weighted by Gasteiger charge is 2.15. The highest BCUT2D eigenvalue weighted by Crippen LogP contribution is 2.25. The largest absolute Gasteiger partial charge is 0.399 e. The molecule has 0 spiro atoms. The number of anilines is 2. The van der Waals surface area contributed by atoms with Gasteiger partial charge in [-0.2, -0.15) is 5.26 Å². The van der Waals surface area contributed by atoms with E-state index in [-0.39, 0.29) is 6.04 Å². The van der Waals surface area contributed by atoms with Crippen molar-refractivity contribution < 1.29 is 4.39 Å². The predicted molar refractivity (Wildman–Crippen MR) is 83.3 cm³/mol. The van der Waals surface area contributed by atoms with E-state index in [1.54, 1.807) is 6.07 Å². The number of nitrogen functional groups attached to an aromatic ring is 1. The van der Waals surface area contributed by atoms with Gasteiger partial charge in [0.2, 0.25) is 0 Å². The van der Waals surface area contributed by atoms with E-state index in [4.69, 9.17) is 5.73 Å². The summed E-state index contributed by atoms with van der Waals surface area (Å²) < 4.78 is 13.3. The summed E-state index contributed by atoms with van der Waals surface area (Å²) in [7, 11) is 0. The first-order valence-electron chi connectivity index (χ1n) is 6.82. The fourth-order valence-electron chi connectivity index (χ4n) is 2.21. The summed E-state index contributed by atoms with van der Waals surface area (Å²) in [6.45, 7) is 4.72. The van der Waals surface area contributed by atoms with Crippen LogP contribution in [0.3, 0.4) is 0 Å². The quantitative estimate of drug-likeness (QED) is 0.871. The van der Waals surface area contributed by atoms with E-state index in [1.165, 1.54) is 12.1 Å². The van der Waals surface area contributed by atoms with Crippen LogP contribution in [0.4, 0.5) is 15.8 Å². The second kappa shape index (κ2) is 6.27. The van der Waals surface area contributed by atoms with Gasteiger partial charge in [-0.25, -0.2) is 4.39 Å². The summed E-state index contributed by atoms with van der Waals surface area (Å²) in [6.07, 6.45) is 0. The molecule has 0 atom stereocenters. The Kier molecular flexibility index (Phi) is 4.44. The standard InChI is InChI=1S/C17H18FN3/c1-12(2)21(11-13-3-6-16(20)7-4-13)17-8-5-15(18)9-14(17)10-19/h3-9,12H,11,20H2,1-2H3. The number of halogens is 1. The van der Waals surface area contributed by atoms with Gasteiger partial charge in [-0.1, -0.05) is 12.1 Å². The molecule has 2 aromatic rings. The molecule has 0 fully saturated rings. The Morgan fingerprint density at radius 2 is 1.86 bits per heavy atom. The highest BCUT2D eigenvalue weighted by molar-refractivity contribution is 5.60. The van der Waals surface area contributed by atoms with Gasteiger partial charge in [-0.3, -0.25) is 0 Å². The van der Waals surface area contributed by atoms with E-state index in [1.807, 2.05) is 38.1 Å². The van der Waals surface area contributed by atoms with Gasteiger partial charge < -0.3 is 10.6 Å². The molecule has 4 heteroatoms. The molecule has 0 saturated carbocycles. The zero-order chi connectivity index (χ0) is 15.4. The average Bonchev–Trinajstić information content (AvgIpc) is 2.46. The van der Waals surface area contributed by atoms with Crippen molar-refractivity contribution in [2.45, 2.75) is 26.4 Å². The maximum atomic E-state index is 13.3. The van der Waals surface area contributed by atoms with E-state index in [0.29, 0.717) is 17.8 Å². The summed E-state index contributed by atoms with van der Waals surface area (Å²) in [6, 6.07) is 14.2. The number of benzene rings is 2. The topological polar surface area (TPSA) is 53.0 Å². The molecule has 0 radical (unpaired) electrons. The SMILES string of the molecule is CC(C)N(Cc1ccc(N)cc1)c1ccc(F)cc1C#N. The smallest absolute Gasteiger partial charge is 0.124 e. The molecule has 0 heterocycles. The molecule has 0 bridgehead atoms. The van der Waals surface area contributed by atoms with E-state index in [2.05, 4.69) is 11.0 Å².